The third-order valence-corrected chi connectivity index (χ3v) is 18.8. The molecule has 0 radical (unpaired) electrons. The predicted octanol–water partition coefficient (Wildman–Crippen LogP) is 17.3. The number of rotatable bonds is 3. The number of fused-ring (bicyclic) bond motifs is 13. The Kier molecular flexibility index (Phi) is 8.64. The van der Waals surface area contributed by atoms with Gasteiger partial charge in [0, 0.05) is 70.5 Å². The Balaban J connectivity index is 1.16. The normalized spacial score (nSPS) is 17.9. The van der Waals surface area contributed by atoms with Gasteiger partial charge in [0.25, 0.3) is 0 Å². The summed E-state index contributed by atoms with van der Waals surface area (Å²) >= 11 is 1.90. The molecule has 8 aromatic carbocycles. The highest BCUT2D eigenvalue weighted by Gasteiger charge is 2.49. The van der Waals surface area contributed by atoms with Gasteiger partial charge in [-0.2, -0.15) is 0 Å². The minimum absolute atomic E-state index is 0.0323. The Morgan fingerprint density at radius 2 is 1.13 bits per heavy atom. The van der Waals surface area contributed by atoms with E-state index in [0.717, 1.165) is 34.8 Å². The van der Waals surface area contributed by atoms with Gasteiger partial charge >= 0.3 is 6.85 Å². The van der Waals surface area contributed by atoms with Crippen LogP contribution < -0.4 is 20.6 Å². The van der Waals surface area contributed by atoms with Crippen molar-refractivity contribution < 1.29 is 4.42 Å². The van der Waals surface area contributed by atoms with Gasteiger partial charge in [-0.05, 0) is 159 Å². The van der Waals surface area contributed by atoms with Gasteiger partial charge in [-0.15, -0.1) is 11.3 Å². The summed E-state index contributed by atoms with van der Waals surface area (Å²) in [5.74, 6) is 0. The molecule has 14 rings (SSSR count). The number of hydrogen-bond donors (Lipinski definition) is 0. The van der Waals surface area contributed by atoms with Crippen molar-refractivity contribution >= 4 is 99.7 Å². The lowest BCUT2D eigenvalue weighted by atomic mass is 9.43. The van der Waals surface area contributed by atoms with Gasteiger partial charge in [0.1, 0.15) is 11.2 Å². The van der Waals surface area contributed by atoms with Crippen molar-refractivity contribution in [3.63, 3.8) is 0 Å². The van der Waals surface area contributed by atoms with E-state index in [1.54, 1.807) is 0 Å². The van der Waals surface area contributed by atoms with Gasteiger partial charge in [-0.25, -0.2) is 0 Å². The quantitative estimate of drug-likeness (QED) is 0.165. The van der Waals surface area contributed by atoms with E-state index in [9.17, 15) is 0 Å². The van der Waals surface area contributed by atoms with Crippen LogP contribution in [0.3, 0.4) is 0 Å². The second-order valence-electron chi connectivity index (χ2n) is 23.8. The Morgan fingerprint density at radius 3 is 1.89 bits per heavy atom. The molecular weight excluding hydrogens is 868 g/mol. The zero-order valence-electron chi connectivity index (χ0n) is 42.0. The summed E-state index contributed by atoms with van der Waals surface area (Å²) in [4.78, 5) is 5.41. The van der Waals surface area contributed by atoms with E-state index < -0.39 is 0 Å². The maximum absolute atomic E-state index is 7.25. The van der Waals surface area contributed by atoms with E-state index in [0.29, 0.717) is 0 Å². The van der Waals surface area contributed by atoms with Crippen LogP contribution in [-0.2, 0) is 21.7 Å². The summed E-state index contributed by atoms with van der Waals surface area (Å²) in [5.41, 5.74) is 23.0. The van der Waals surface area contributed by atoms with Crippen LogP contribution in [0, 0.1) is 6.92 Å². The molecule has 0 saturated carbocycles. The van der Waals surface area contributed by atoms with Crippen molar-refractivity contribution in [3.8, 4) is 22.3 Å². The standard InChI is InChI=1S/C65H59BN2OS/c1-38-31-48-50(65(8,9)30-29-63(48,4)5)37-53(38)67-52-26-23-40(39-17-11-10-12-18-39)32-51(52)66-60-55(67)35-45-42-19-13-15-21-56(42)69-61(45)59(60)46-36-58-44(43-20-14-16-22-57(43)70-58)34-54(46)68(66)41-24-25-47-49(33-41)64(6,7)28-27-62(47,2)3/h10-26,31-37H,27-30H2,1-9H3. The lowest BCUT2D eigenvalue weighted by Gasteiger charge is -2.48. The van der Waals surface area contributed by atoms with E-state index in [-0.39, 0.29) is 28.5 Å². The lowest BCUT2D eigenvalue weighted by molar-refractivity contribution is 0.332. The van der Waals surface area contributed by atoms with Crippen molar-refractivity contribution in [1.29, 1.82) is 0 Å². The molecule has 0 N–H and O–H groups in total. The Bertz CT molecular complexity index is 3890. The molecule has 4 heterocycles. The predicted molar refractivity (Wildman–Crippen MR) is 301 cm³/mol. The van der Waals surface area contributed by atoms with Crippen molar-refractivity contribution in [1.82, 2.24) is 0 Å². The average molecular weight is 927 g/mol. The second-order valence-corrected chi connectivity index (χ2v) is 24.9. The summed E-state index contributed by atoms with van der Waals surface area (Å²) in [6.45, 7) is 21.8. The van der Waals surface area contributed by atoms with E-state index >= 15 is 0 Å². The highest BCUT2D eigenvalue weighted by molar-refractivity contribution is 7.25. The molecule has 0 atom stereocenters. The van der Waals surface area contributed by atoms with Crippen molar-refractivity contribution in [3.05, 3.63) is 173 Å². The minimum atomic E-state index is -0.182. The number of furan rings is 1. The van der Waals surface area contributed by atoms with Gasteiger partial charge in [-0.1, -0.05) is 146 Å². The first-order chi connectivity index (χ1) is 33.6. The molecule has 70 heavy (non-hydrogen) atoms. The summed E-state index contributed by atoms with van der Waals surface area (Å²) in [5, 5.41) is 4.91. The third-order valence-electron chi connectivity index (χ3n) is 17.7. The van der Waals surface area contributed by atoms with E-state index in [1.165, 1.54) is 122 Å². The van der Waals surface area contributed by atoms with Gasteiger partial charge in [0.05, 0.1) is 0 Å². The Labute approximate surface area is 416 Å². The van der Waals surface area contributed by atoms with Crippen LogP contribution in [0.2, 0.25) is 0 Å². The largest absolute Gasteiger partial charge is 0.455 e. The monoisotopic (exact) mass is 926 g/mol. The summed E-state index contributed by atoms with van der Waals surface area (Å²) in [6.07, 6.45) is 4.67. The Morgan fingerprint density at radius 1 is 0.486 bits per heavy atom. The third kappa shape index (κ3) is 5.88. The van der Waals surface area contributed by atoms with Crippen molar-refractivity contribution in [2.45, 2.75) is 110 Å². The summed E-state index contributed by atoms with van der Waals surface area (Å²) < 4.78 is 9.86. The fourth-order valence-electron chi connectivity index (χ4n) is 13.5. The molecule has 4 aliphatic rings. The molecule has 0 saturated heterocycles. The number of nitrogens with zero attached hydrogens (tertiary/aromatic N) is 2. The molecule has 10 aromatic rings. The molecule has 2 aliphatic heterocycles. The van der Waals surface area contributed by atoms with Crippen LogP contribution in [0.5, 0.6) is 0 Å². The topological polar surface area (TPSA) is 19.6 Å². The van der Waals surface area contributed by atoms with E-state index in [2.05, 4.69) is 218 Å². The van der Waals surface area contributed by atoms with Crippen molar-refractivity contribution in [2.24, 2.45) is 0 Å². The Hall–Kier alpha value is -6.56. The van der Waals surface area contributed by atoms with E-state index in [4.69, 9.17) is 4.42 Å². The first-order valence-electron chi connectivity index (χ1n) is 25.6. The molecule has 5 heteroatoms. The number of thiophene rings is 1. The second kappa shape index (κ2) is 14.3. The summed E-state index contributed by atoms with van der Waals surface area (Å²) in [7, 11) is 0. The molecule has 0 bridgehead atoms. The zero-order valence-corrected chi connectivity index (χ0v) is 42.8. The first-order valence-corrected chi connectivity index (χ1v) is 26.4. The zero-order chi connectivity index (χ0) is 47.8. The molecule has 2 aromatic heterocycles. The van der Waals surface area contributed by atoms with Crippen LogP contribution in [0.25, 0.3) is 64.4 Å². The number of benzene rings is 8. The van der Waals surface area contributed by atoms with Crippen LogP contribution in [-0.4, -0.2) is 6.85 Å². The minimum Gasteiger partial charge on any atom is -0.455 e. The lowest BCUT2D eigenvalue weighted by Crippen LogP contribution is -2.61. The molecule has 344 valence electrons. The molecule has 0 fully saturated rings. The number of hydrogen-bond acceptors (Lipinski definition) is 4. The maximum Gasteiger partial charge on any atom is 0.333 e. The van der Waals surface area contributed by atoms with Gasteiger partial charge in [0.2, 0.25) is 0 Å². The van der Waals surface area contributed by atoms with Crippen LogP contribution in [0.4, 0.5) is 28.4 Å². The highest BCUT2D eigenvalue weighted by Crippen LogP contribution is 2.56. The van der Waals surface area contributed by atoms with Crippen LogP contribution >= 0.6 is 11.3 Å². The number of aryl methyl sites for hydroxylation is 1. The van der Waals surface area contributed by atoms with Gasteiger partial charge in [-0.3, -0.25) is 0 Å². The molecule has 2 aliphatic carbocycles. The van der Waals surface area contributed by atoms with Crippen LogP contribution in [0.15, 0.2) is 150 Å². The fourth-order valence-corrected chi connectivity index (χ4v) is 14.6. The molecule has 0 spiro atoms. The van der Waals surface area contributed by atoms with Gasteiger partial charge in [0.15, 0.2) is 0 Å². The molecule has 0 amide bonds. The summed E-state index contributed by atoms with van der Waals surface area (Å²) in [6, 6.07) is 56.2. The number of anilines is 5. The maximum atomic E-state index is 7.25. The SMILES string of the molecule is Cc1cc2c(cc1N1c3ccc(-c4ccccc4)cc3B3c4c1cc1c(oc5ccccc51)c4-c1cc4sc5ccccc5c4cc1N3c1ccc3c(c1)C(C)(C)CCC3(C)C)C(C)(C)CCC2(C)C. The molecule has 3 nitrogen and oxygen atoms in total. The van der Waals surface area contributed by atoms with E-state index in [1.807, 2.05) is 11.3 Å². The average Bonchev–Trinajstić information content (AvgIpc) is 3.91. The molecule has 0 unspecified atom stereocenters. The fraction of sp³-hybridized carbons (Fsp3) is 0.262. The highest BCUT2D eigenvalue weighted by atomic mass is 32.1. The van der Waals surface area contributed by atoms with Crippen LogP contribution in [0.1, 0.15) is 109 Å². The smallest absolute Gasteiger partial charge is 0.333 e. The number of para-hydroxylation sites is 1. The molecular formula is C65H59BN2OS. The van der Waals surface area contributed by atoms with Gasteiger partial charge < -0.3 is 14.1 Å². The van der Waals surface area contributed by atoms with Crippen molar-refractivity contribution in [2.75, 3.05) is 9.71 Å². The first kappa shape index (κ1) is 42.3.